The fourth-order valence-corrected chi connectivity index (χ4v) is 7.08. The second-order valence-corrected chi connectivity index (χ2v) is 12.3. The van der Waals surface area contributed by atoms with Gasteiger partial charge < -0.3 is 5.11 Å². The Morgan fingerprint density at radius 2 is 1.97 bits per heavy atom. The fraction of sp³-hybridized carbons (Fsp3) is 0.778. The van der Waals surface area contributed by atoms with Crippen molar-refractivity contribution in [1.29, 1.82) is 0 Å². The zero-order chi connectivity index (χ0) is 21.2. The third-order valence-electron chi connectivity index (χ3n) is 7.96. The Hall–Kier alpha value is -0.470. The van der Waals surface area contributed by atoms with Gasteiger partial charge >= 0.3 is 0 Å². The minimum Gasteiger partial charge on any atom is -0.393 e. The molecule has 0 radical (unpaired) electrons. The highest BCUT2D eigenvalue weighted by atomic mass is 32.1. The summed E-state index contributed by atoms with van der Waals surface area (Å²) >= 11 is 5.41. The molecule has 0 aromatic heterocycles. The molecule has 0 aromatic carbocycles. The van der Waals surface area contributed by atoms with Crippen LogP contribution in [0.3, 0.4) is 0 Å². The van der Waals surface area contributed by atoms with E-state index in [2.05, 4.69) is 46.4 Å². The van der Waals surface area contributed by atoms with Gasteiger partial charge in [-0.3, -0.25) is 0 Å². The summed E-state index contributed by atoms with van der Waals surface area (Å²) in [4.78, 5) is 0. The van der Waals surface area contributed by atoms with E-state index < -0.39 is 0 Å². The molecule has 0 aliphatic heterocycles. The summed E-state index contributed by atoms with van der Waals surface area (Å²) in [6.07, 6.45) is 17.5. The van der Waals surface area contributed by atoms with Gasteiger partial charge in [0.15, 0.2) is 0 Å². The monoisotopic (exact) mass is 416 g/mol. The van der Waals surface area contributed by atoms with Gasteiger partial charge in [-0.2, -0.15) is 12.6 Å². The molecule has 3 saturated carbocycles. The van der Waals surface area contributed by atoms with Crippen LogP contribution in [0.2, 0.25) is 0 Å². The van der Waals surface area contributed by atoms with Crippen molar-refractivity contribution in [1.82, 2.24) is 0 Å². The molecule has 0 amide bonds. The van der Waals surface area contributed by atoms with Crippen LogP contribution in [0.25, 0.3) is 0 Å². The number of allylic oxidation sites excluding steroid dienone is 4. The number of aliphatic hydroxyl groups excluding tert-OH is 1. The third-order valence-corrected chi connectivity index (χ3v) is 8.83. The Morgan fingerprint density at radius 3 is 2.69 bits per heavy atom. The Kier molecular flexibility index (Phi) is 7.48. The molecule has 1 nitrogen and oxygen atoms in total. The molecule has 0 spiro atoms. The van der Waals surface area contributed by atoms with Crippen molar-refractivity contribution in [3.63, 3.8) is 0 Å². The molecule has 0 aromatic rings. The van der Waals surface area contributed by atoms with E-state index in [4.69, 9.17) is 12.6 Å². The third kappa shape index (κ3) is 5.62. The second kappa shape index (κ2) is 9.35. The van der Waals surface area contributed by atoms with E-state index in [1.807, 2.05) is 0 Å². The van der Waals surface area contributed by atoms with E-state index in [1.165, 1.54) is 62.5 Å². The van der Waals surface area contributed by atoms with Crippen LogP contribution in [0.15, 0.2) is 35.5 Å². The summed E-state index contributed by atoms with van der Waals surface area (Å²) in [6.45, 7) is 13.8. The Balaban J connectivity index is 1.68. The van der Waals surface area contributed by atoms with Gasteiger partial charge in [0.25, 0.3) is 0 Å². The Labute approximate surface area is 185 Å². The topological polar surface area (TPSA) is 20.2 Å². The molecule has 2 heteroatoms. The van der Waals surface area contributed by atoms with Crippen LogP contribution >= 0.6 is 12.6 Å². The Bertz CT molecular complexity index is 652. The van der Waals surface area contributed by atoms with E-state index in [0.717, 1.165) is 31.1 Å². The maximum absolute atomic E-state index is 10.0. The predicted molar refractivity (Wildman–Crippen MR) is 129 cm³/mol. The van der Waals surface area contributed by atoms with Crippen molar-refractivity contribution < 1.29 is 5.11 Å². The molecule has 164 valence electrons. The maximum Gasteiger partial charge on any atom is 0.0583 e. The number of fused-ring (bicyclic) bond motifs is 1. The lowest BCUT2D eigenvalue weighted by atomic mass is 9.70. The molecule has 0 saturated heterocycles. The first-order valence-corrected chi connectivity index (χ1v) is 12.5. The summed E-state index contributed by atoms with van der Waals surface area (Å²) in [7, 11) is 0. The fourth-order valence-electron chi connectivity index (χ4n) is 6.25. The quantitative estimate of drug-likeness (QED) is 0.440. The van der Waals surface area contributed by atoms with Gasteiger partial charge in [0.2, 0.25) is 0 Å². The minimum atomic E-state index is -0.190. The largest absolute Gasteiger partial charge is 0.393 e. The smallest absolute Gasteiger partial charge is 0.0583 e. The van der Waals surface area contributed by atoms with Crippen LogP contribution in [0, 0.1) is 23.2 Å². The van der Waals surface area contributed by atoms with Crippen molar-refractivity contribution in [2.24, 2.45) is 23.2 Å². The second-order valence-electron chi connectivity index (χ2n) is 11.4. The first-order valence-electron chi connectivity index (χ1n) is 12.1. The van der Waals surface area contributed by atoms with Crippen molar-refractivity contribution in [2.45, 2.75) is 109 Å². The van der Waals surface area contributed by atoms with Crippen LogP contribution in [-0.2, 0) is 0 Å². The standard InChI is InChI=1S/C27H44OS/c1-19-10-13-23(28)18-22(19)12-11-21-9-7-17-27(29)24(14-15-25(21)27)20(2)8-6-16-26(3,4)5/h11-12,20,23-25,28-29H,1,6-10,13-18H2,2-5H3/b21-11+,22-12-/t20-,23+,24-,25+,27+/m1/s1. The van der Waals surface area contributed by atoms with Gasteiger partial charge in [-0.05, 0) is 86.5 Å². The summed E-state index contributed by atoms with van der Waals surface area (Å²) in [6, 6.07) is 0. The molecule has 0 heterocycles. The molecule has 0 bridgehead atoms. The molecule has 0 unspecified atom stereocenters. The number of thiol groups is 1. The maximum atomic E-state index is 10.0. The molecular weight excluding hydrogens is 372 g/mol. The highest BCUT2D eigenvalue weighted by Gasteiger charge is 2.51. The molecule has 5 atom stereocenters. The van der Waals surface area contributed by atoms with Crippen LogP contribution in [0.4, 0.5) is 0 Å². The van der Waals surface area contributed by atoms with Crippen molar-refractivity contribution in [3.05, 3.63) is 35.5 Å². The lowest BCUT2D eigenvalue weighted by Crippen LogP contribution is -2.40. The Morgan fingerprint density at radius 1 is 1.21 bits per heavy atom. The lowest BCUT2D eigenvalue weighted by Gasteiger charge is -2.43. The van der Waals surface area contributed by atoms with Gasteiger partial charge in [0.05, 0.1) is 6.10 Å². The summed E-state index contributed by atoms with van der Waals surface area (Å²) < 4.78 is 0.187. The van der Waals surface area contributed by atoms with Gasteiger partial charge in [0, 0.05) is 4.75 Å². The highest BCUT2D eigenvalue weighted by molar-refractivity contribution is 7.81. The zero-order valence-corrected chi connectivity index (χ0v) is 20.2. The van der Waals surface area contributed by atoms with Gasteiger partial charge in [-0.25, -0.2) is 0 Å². The molecule has 1 N–H and O–H groups in total. The number of rotatable bonds is 5. The normalized spacial score (nSPS) is 37.2. The van der Waals surface area contributed by atoms with Crippen molar-refractivity contribution >= 4 is 12.6 Å². The van der Waals surface area contributed by atoms with E-state index in [9.17, 15) is 5.11 Å². The van der Waals surface area contributed by atoms with E-state index >= 15 is 0 Å². The van der Waals surface area contributed by atoms with Gasteiger partial charge in [-0.1, -0.05) is 70.4 Å². The molecular formula is C27H44OS. The highest BCUT2D eigenvalue weighted by Crippen LogP contribution is 2.57. The van der Waals surface area contributed by atoms with Gasteiger partial charge in [-0.15, -0.1) is 0 Å². The van der Waals surface area contributed by atoms with E-state index in [-0.39, 0.29) is 10.9 Å². The van der Waals surface area contributed by atoms with Crippen LogP contribution in [0.5, 0.6) is 0 Å². The average molecular weight is 417 g/mol. The van der Waals surface area contributed by atoms with E-state index in [0.29, 0.717) is 11.3 Å². The summed E-state index contributed by atoms with van der Waals surface area (Å²) in [5, 5.41) is 10.0. The number of hydrogen-bond donors (Lipinski definition) is 2. The number of aliphatic hydroxyl groups is 1. The first-order chi connectivity index (χ1) is 13.6. The molecule has 3 aliphatic carbocycles. The van der Waals surface area contributed by atoms with Crippen LogP contribution < -0.4 is 0 Å². The lowest BCUT2D eigenvalue weighted by molar-refractivity contribution is 0.158. The summed E-state index contributed by atoms with van der Waals surface area (Å²) in [5.41, 5.74) is 4.53. The first kappa shape index (κ1) is 23.2. The SMILES string of the molecule is C=C1CC[C@H](O)C/C1=C/C=C1\CCC[C@]2(S)[C@@H]([C@H](C)CCCC(C)(C)C)CC[C@@H]12. The van der Waals surface area contributed by atoms with Crippen molar-refractivity contribution in [2.75, 3.05) is 0 Å². The molecule has 3 fully saturated rings. The van der Waals surface area contributed by atoms with Crippen LogP contribution in [0.1, 0.15) is 98.3 Å². The summed E-state index contributed by atoms with van der Waals surface area (Å²) in [5.74, 6) is 2.15. The minimum absolute atomic E-state index is 0.187. The predicted octanol–water partition coefficient (Wildman–Crippen LogP) is 7.67. The number of hydrogen-bond acceptors (Lipinski definition) is 2. The van der Waals surface area contributed by atoms with Crippen molar-refractivity contribution in [3.8, 4) is 0 Å². The molecule has 29 heavy (non-hydrogen) atoms. The molecule has 3 aliphatic rings. The molecule has 3 rings (SSSR count). The van der Waals surface area contributed by atoms with Crippen LogP contribution in [-0.4, -0.2) is 16.0 Å². The van der Waals surface area contributed by atoms with E-state index in [1.54, 1.807) is 5.57 Å². The van der Waals surface area contributed by atoms with Gasteiger partial charge in [0.1, 0.15) is 0 Å². The zero-order valence-electron chi connectivity index (χ0n) is 19.3. The average Bonchev–Trinajstić information content (AvgIpc) is 2.99.